The van der Waals surface area contributed by atoms with Crippen LogP contribution in [0.15, 0.2) is 34.2 Å². The molecule has 0 saturated heterocycles. The topological polar surface area (TPSA) is 33.4 Å². The molecule has 2 rings (SSSR count). The second-order valence-corrected chi connectivity index (χ2v) is 4.33. The Labute approximate surface area is 90.6 Å². The third-order valence-electron chi connectivity index (χ3n) is 3.31. The minimum atomic E-state index is -0.196. The van der Waals surface area contributed by atoms with E-state index in [1.165, 1.54) is 16.7 Å². The number of aryl methyl sites for hydroxylation is 1. The Hall–Kier alpha value is -1.02. The molecule has 1 atom stereocenters. The fraction of sp³-hybridized carbons (Fsp3) is 0.538. The van der Waals surface area contributed by atoms with Gasteiger partial charge < -0.3 is 9.52 Å². The van der Waals surface area contributed by atoms with Crippen molar-refractivity contribution in [2.45, 2.75) is 45.1 Å². The molecule has 82 valence electrons. The third-order valence-corrected chi connectivity index (χ3v) is 3.31. The molecule has 0 saturated carbocycles. The highest BCUT2D eigenvalue weighted by Gasteiger charge is 2.16. The molecule has 0 aromatic carbocycles. The first-order chi connectivity index (χ1) is 7.27. The first-order valence-electron chi connectivity index (χ1n) is 5.65. The highest BCUT2D eigenvalue weighted by atomic mass is 16.3. The minimum absolute atomic E-state index is 0.196. The summed E-state index contributed by atoms with van der Waals surface area (Å²) in [6.07, 6.45) is 8.61. The van der Waals surface area contributed by atoms with E-state index in [4.69, 9.17) is 4.42 Å². The van der Waals surface area contributed by atoms with Crippen LogP contribution < -0.4 is 0 Å². The lowest BCUT2D eigenvalue weighted by atomic mass is 9.87. The molecule has 1 aromatic heterocycles. The molecule has 1 heterocycles. The summed E-state index contributed by atoms with van der Waals surface area (Å²) < 4.78 is 5.04. The van der Waals surface area contributed by atoms with E-state index < -0.39 is 0 Å². The Kier molecular flexibility index (Phi) is 3.27. The maximum Gasteiger partial charge on any atom is 0.0934 e. The van der Waals surface area contributed by atoms with E-state index in [0.29, 0.717) is 0 Å². The summed E-state index contributed by atoms with van der Waals surface area (Å²) in [4.78, 5) is 0. The minimum Gasteiger partial charge on any atom is -0.472 e. The van der Waals surface area contributed by atoms with Gasteiger partial charge in [-0.15, -0.1) is 0 Å². The van der Waals surface area contributed by atoms with Gasteiger partial charge in [0, 0.05) is 0 Å². The largest absolute Gasteiger partial charge is 0.472 e. The molecule has 0 amide bonds. The van der Waals surface area contributed by atoms with Gasteiger partial charge in [0.25, 0.3) is 0 Å². The van der Waals surface area contributed by atoms with Crippen molar-refractivity contribution in [3.8, 4) is 0 Å². The normalized spacial score (nSPS) is 22.1. The smallest absolute Gasteiger partial charge is 0.0934 e. The van der Waals surface area contributed by atoms with Gasteiger partial charge in [-0.1, -0.05) is 5.57 Å². The lowest BCUT2D eigenvalue weighted by Gasteiger charge is -2.22. The summed E-state index contributed by atoms with van der Waals surface area (Å²) >= 11 is 0. The highest BCUT2D eigenvalue weighted by molar-refractivity contribution is 5.20. The molecule has 1 N–H and O–H groups in total. The predicted octanol–water partition coefficient (Wildman–Crippen LogP) is 3.07. The number of hydrogen-bond acceptors (Lipinski definition) is 2. The molecule has 1 aromatic rings. The van der Waals surface area contributed by atoms with Crippen molar-refractivity contribution in [2.24, 2.45) is 0 Å². The summed E-state index contributed by atoms with van der Waals surface area (Å²) in [6.45, 7) is 2.06. The van der Waals surface area contributed by atoms with Crippen molar-refractivity contribution in [3.63, 3.8) is 0 Å². The zero-order valence-corrected chi connectivity index (χ0v) is 9.20. The van der Waals surface area contributed by atoms with Crippen LogP contribution >= 0.6 is 0 Å². The van der Waals surface area contributed by atoms with E-state index in [0.717, 1.165) is 32.1 Å². The summed E-state index contributed by atoms with van der Waals surface area (Å²) in [6, 6.07) is 2.01. The number of aliphatic hydroxyl groups is 1. The van der Waals surface area contributed by atoms with Crippen molar-refractivity contribution < 1.29 is 9.52 Å². The van der Waals surface area contributed by atoms with Gasteiger partial charge in [-0.05, 0) is 56.2 Å². The van der Waals surface area contributed by atoms with Gasteiger partial charge in [0.1, 0.15) is 0 Å². The van der Waals surface area contributed by atoms with Crippen LogP contribution in [0.3, 0.4) is 0 Å². The number of furan rings is 1. The summed E-state index contributed by atoms with van der Waals surface area (Å²) in [5, 5.41) is 9.73. The van der Waals surface area contributed by atoms with Crippen LogP contribution in [0.1, 0.15) is 38.2 Å². The Balaban J connectivity index is 1.96. The molecule has 0 fully saturated rings. The zero-order valence-electron chi connectivity index (χ0n) is 9.20. The van der Waals surface area contributed by atoms with Gasteiger partial charge in [-0.25, -0.2) is 0 Å². The predicted molar refractivity (Wildman–Crippen MR) is 59.6 cm³/mol. The van der Waals surface area contributed by atoms with Gasteiger partial charge in [0.15, 0.2) is 0 Å². The molecule has 2 heteroatoms. The Morgan fingerprint density at radius 3 is 3.07 bits per heavy atom. The molecule has 15 heavy (non-hydrogen) atoms. The monoisotopic (exact) mass is 206 g/mol. The summed E-state index contributed by atoms with van der Waals surface area (Å²) in [7, 11) is 0. The number of aliphatic hydroxyl groups excluding tert-OH is 1. The first kappa shape index (κ1) is 10.5. The van der Waals surface area contributed by atoms with Crippen molar-refractivity contribution in [2.75, 3.05) is 0 Å². The van der Waals surface area contributed by atoms with Crippen molar-refractivity contribution in [1.29, 1.82) is 0 Å². The molecular weight excluding hydrogens is 188 g/mol. The SMILES string of the molecule is CC1=C(CCc2ccoc2)CCCC1O. The molecule has 1 aliphatic rings. The average Bonchev–Trinajstić information content (AvgIpc) is 2.73. The zero-order chi connectivity index (χ0) is 10.7. The van der Waals surface area contributed by atoms with Crippen LogP contribution in [0.5, 0.6) is 0 Å². The van der Waals surface area contributed by atoms with E-state index in [1.807, 2.05) is 6.07 Å². The molecule has 1 unspecified atom stereocenters. The van der Waals surface area contributed by atoms with Crippen LogP contribution in [0, 0.1) is 0 Å². The van der Waals surface area contributed by atoms with Gasteiger partial charge in [-0.2, -0.15) is 0 Å². The van der Waals surface area contributed by atoms with Gasteiger partial charge in [0.05, 0.1) is 18.6 Å². The molecular formula is C13H18O2. The number of rotatable bonds is 3. The van der Waals surface area contributed by atoms with E-state index in [-0.39, 0.29) is 6.10 Å². The van der Waals surface area contributed by atoms with E-state index in [9.17, 15) is 5.11 Å². The Bertz CT molecular complexity index is 335. The Morgan fingerprint density at radius 1 is 1.47 bits per heavy atom. The fourth-order valence-corrected chi connectivity index (χ4v) is 2.21. The maximum atomic E-state index is 9.73. The van der Waals surface area contributed by atoms with Gasteiger partial charge in [0.2, 0.25) is 0 Å². The lowest BCUT2D eigenvalue weighted by molar-refractivity contribution is 0.188. The van der Waals surface area contributed by atoms with Crippen LogP contribution in [0.4, 0.5) is 0 Å². The summed E-state index contributed by atoms with van der Waals surface area (Å²) in [5.41, 5.74) is 3.88. The lowest BCUT2D eigenvalue weighted by Crippen LogP contribution is -2.15. The third kappa shape index (κ3) is 2.51. The van der Waals surface area contributed by atoms with Crippen molar-refractivity contribution in [1.82, 2.24) is 0 Å². The summed E-state index contributed by atoms with van der Waals surface area (Å²) in [5.74, 6) is 0. The molecule has 0 bridgehead atoms. The van der Waals surface area contributed by atoms with Crippen LogP contribution in [0.25, 0.3) is 0 Å². The molecule has 1 aliphatic carbocycles. The standard InChI is InChI=1S/C13H18O2/c1-10-12(3-2-4-13(10)14)6-5-11-7-8-15-9-11/h7-9,13-14H,2-6H2,1H3. The second-order valence-electron chi connectivity index (χ2n) is 4.33. The quantitative estimate of drug-likeness (QED) is 0.771. The van der Waals surface area contributed by atoms with Crippen LogP contribution in [-0.4, -0.2) is 11.2 Å². The molecule has 0 spiro atoms. The highest BCUT2D eigenvalue weighted by Crippen LogP contribution is 2.28. The number of hydrogen-bond donors (Lipinski definition) is 1. The van der Waals surface area contributed by atoms with Crippen molar-refractivity contribution >= 4 is 0 Å². The molecule has 0 radical (unpaired) electrons. The van der Waals surface area contributed by atoms with Gasteiger partial charge >= 0.3 is 0 Å². The molecule has 0 aliphatic heterocycles. The average molecular weight is 206 g/mol. The van der Waals surface area contributed by atoms with Crippen LogP contribution in [0.2, 0.25) is 0 Å². The second kappa shape index (κ2) is 4.67. The first-order valence-corrected chi connectivity index (χ1v) is 5.65. The van der Waals surface area contributed by atoms with E-state index in [2.05, 4.69) is 6.92 Å². The maximum absolute atomic E-state index is 9.73. The molecule has 2 nitrogen and oxygen atoms in total. The van der Waals surface area contributed by atoms with Crippen molar-refractivity contribution in [3.05, 3.63) is 35.3 Å². The fourth-order valence-electron chi connectivity index (χ4n) is 2.21. The Morgan fingerprint density at radius 2 is 2.33 bits per heavy atom. The van der Waals surface area contributed by atoms with E-state index >= 15 is 0 Å². The van der Waals surface area contributed by atoms with Crippen LogP contribution in [-0.2, 0) is 6.42 Å². The number of allylic oxidation sites excluding steroid dienone is 1. The van der Waals surface area contributed by atoms with E-state index in [1.54, 1.807) is 12.5 Å². The van der Waals surface area contributed by atoms with Gasteiger partial charge in [-0.3, -0.25) is 0 Å².